The molecule has 25 heavy (non-hydrogen) atoms. The Morgan fingerprint density at radius 2 is 1.68 bits per heavy atom. The fourth-order valence-corrected chi connectivity index (χ4v) is 2.59. The summed E-state index contributed by atoms with van der Waals surface area (Å²) in [5.74, 6) is -0.0953. The Labute approximate surface area is 151 Å². The van der Waals surface area contributed by atoms with Crippen molar-refractivity contribution in [2.24, 2.45) is 11.1 Å². The van der Waals surface area contributed by atoms with E-state index in [-0.39, 0.29) is 11.8 Å². The van der Waals surface area contributed by atoms with E-state index >= 15 is 0 Å². The van der Waals surface area contributed by atoms with E-state index in [9.17, 15) is 9.59 Å². The van der Waals surface area contributed by atoms with Crippen LogP contribution in [0.1, 0.15) is 42.6 Å². The van der Waals surface area contributed by atoms with Crippen molar-refractivity contribution in [1.82, 2.24) is 15.5 Å². The molecule has 0 atom stereocenters. The first kappa shape index (κ1) is 21.1. The highest BCUT2D eigenvalue weighted by Gasteiger charge is 2.32. The van der Waals surface area contributed by atoms with Crippen molar-refractivity contribution in [2.75, 3.05) is 33.7 Å². The normalized spacial score (nSPS) is 11.4. The Morgan fingerprint density at radius 1 is 1.08 bits per heavy atom. The summed E-state index contributed by atoms with van der Waals surface area (Å²) in [4.78, 5) is 26.5. The van der Waals surface area contributed by atoms with Gasteiger partial charge in [-0.05, 0) is 44.6 Å². The van der Waals surface area contributed by atoms with Gasteiger partial charge in [0.1, 0.15) is 0 Å². The molecule has 0 bridgehead atoms. The molecule has 0 aliphatic carbocycles. The summed E-state index contributed by atoms with van der Waals surface area (Å²) in [7, 11) is 3.93. The number of hydrogen-bond acceptors (Lipinski definition) is 4. The fraction of sp³-hybridized carbons (Fsp3) is 0.579. The fourth-order valence-electron chi connectivity index (χ4n) is 2.59. The Hall–Kier alpha value is -1.92. The summed E-state index contributed by atoms with van der Waals surface area (Å²) in [6, 6.07) is 7.29. The first-order valence-corrected chi connectivity index (χ1v) is 8.88. The number of amides is 2. The van der Waals surface area contributed by atoms with Crippen LogP contribution in [-0.4, -0.2) is 50.4 Å². The Kier molecular flexibility index (Phi) is 8.58. The lowest BCUT2D eigenvalue weighted by molar-refractivity contribution is -0.131. The summed E-state index contributed by atoms with van der Waals surface area (Å²) < 4.78 is 0. The Morgan fingerprint density at radius 3 is 2.16 bits per heavy atom. The number of benzene rings is 1. The van der Waals surface area contributed by atoms with Crippen LogP contribution in [-0.2, 0) is 11.3 Å². The molecule has 0 aromatic heterocycles. The van der Waals surface area contributed by atoms with Gasteiger partial charge in [0.2, 0.25) is 5.91 Å². The molecule has 4 N–H and O–H groups in total. The lowest BCUT2D eigenvalue weighted by Gasteiger charge is -2.28. The first-order valence-electron chi connectivity index (χ1n) is 8.88. The van der Waals surface area contributed by atoms with E-state index in [4.69, 9.17) is 5.73 Å². The molecule has 0 aliphatic rings. The number of hydrogen-bond donors (Lipinski definition) is 3. The van der Waals surface area contributed by atoms with Crippen molar-refractivity contribution in [1.29, 1.82) is 0 Å². The molecule has 0 spiro atoms. The van der Waals surface area contributed by atoms with Crippen LogP contribution in [0.2, 0.25) is 0 Å². The number of likely N-dealkylation sites (N-methyl/N-ethyl adjacent to an activating group) is 1. The van der Waals surface area contributed by atoms with Gasteiger partial charge in [-0.15, -0.1) is 0 Å². The van der Waals surface area contributed by atoms with Crippen molar-refractivity contribution < 1.29 is 9.59 Å². The van der Waals surface area contributed by atoms with E-state index in [2.05, 4.69) is 10.6 Å². The average Bonchev–Trinajstić information content (AvgIpc) is 2.62. The lowest BCUT2D eigenvalue weighted by atomic mass is 9.81. The number of carbonyl (C=O) groups is 2. The van der Waals surface area contributed by atoms with Gasteiger partial charge in [-0.3, -0.25) is 9.59 Å². The maximum absolute atomic E-state index is 12.4. The molecule has 0 aliphatic heterocycles. The predicted molar refractivity (Wildman–Crippen MR) is 101 cm³/mol. The molecule has 1 rings (SSSR count). The van der Waals surface area contributed by atoms with Crippen LogP contribution < -0.4 is 16.4 Å². The topological polar surface area (TPSA) is 87.5 Å². The third-order valence-corrected chi connectivity index (χ3v) is 4.74. The highest BCUT2D eigenvalue weighted by Crippen LogP contribution is 2.25. The molecule has 2 amide bonds. The zero-order valence-electron chi connectivity index (χ0n) is 15.9. The molecule has 1 aromatic carbocycles. The molecule has 0 saturated carbocycles. The average molecular weight is 348 g/mol. The molecule has 6 nitrogen and oxygen atoms in total. The maximum atomic E-state index is 12.4. The van der Waals surface area contributed by atoms with Crippen molar-refractivity contribution >= 4 is 11.8 Å². The number of carbonyl (C=O) groups excluding carboxylic acids is 2. The second-order valence-electron chi connectivity index (χ2n) is 6.63. The third-order valence-electron chi connectivity index (χ3n) is 4.74. The monoisotopic (exact) mass is 348 g/mol. The Bertz CT molecular complexity index is 543. The second-order valence-corrected chi connectivity index (χ2v) is 6.63. The van der Waals surface area contributed by atoms with Crippen LogP contribution in [0.3, 0.4) is 0 Å². The van der Waals surface area contributed by atoms with Crippen molar-refractivity contribution in [3.63, 3.8) is 0 Å². The molecular formula is C19H32N4O2. The van der Waals surface area contributed by atoms with Crippen LogP contribution in [0.15, 0.2) is 24.3 Å². The minimum Gasteiger partial charge on any atom is -0.352 e. The van der Waals surface area contributed by atoms with E-state index < -0.39 is 5.41 Å². The largest absolute Gasteiger partial charge is 0.352 e. The van der Waals surface area contributed by atoms with Crippen LogP contribution in [0, 0.1) is 5.41 Å². The SMILES string of the molecule is CCC(CC)(CN)C(=O)NCc1ccc(C(=O)NCCN(C)C)cc1. The zero-order chi connectivity index (χ0) is 18.9. The van der Waals surface area contributed by atoms with E-state index in [1.165, 1.54) is 0 Å². The number of nitrogens with one attached hydrogen (secondary N) is 2. The van der Waals surface area contributed by atoms with Crippen LogP contribution in [0.5, 0.6) is 0 Å². The molecular weight excluding hydrogens is 316 g/mol. The molecule has 0 fully saturated rings. The molecule has 0 radical (unpaired) electrons. The number of nitrogens with two attached hydrogens (primary N) is 1. The van der Waals surface area contributed by atoms with Gasteiger partial charge in [0.05, 0.1) is 5.41 Å². The van der Waals surface area contributed by atoms with Gasteiger partial charge < -0.3 is 21.3 Å². The van der Waals surface area contributed by atoms with Gasteiger partial charge in [0.15, 0.2) is 0 Å². The van der Waals surface area contributed by atoms with Gasteiger partial charge in [-0.1, -0.05) is 26.0 Å². The molecule has 0 heterocycles. The highest BCUT2D eigenvalue weighted by molar-refractivity contribution is 5.94. The minimum absolute atomic E-state index is 0.00879. The summed E-state index contributed by atoms with van der Waals surface area (Å²) in [6.07, 6.45) is 1.44. The van der Waals surface area contributed by atoms with Crippen LogP contribution >= 0.6 is 0 Å². The summed E-state index contributed by atoms with van der Waals surface area (Å²) in [6.45, 7) is 6.16. The summed E-state index contributed by atoms with van der Waals surface area (Å²) >= 11 is 0. The standard InChI is InChI=1S/C19H32N4O2/c1-5-19(6-2,14-20)18(25)22-13-15-7-9-16(10-8-15)17(24)21-11-12-23(3)4/h7-10H,5-6,11-14,20H2,1-4H3,(H,21,24)(H,22,25). The van der Waals surface area contributed by atoms with Gasteiger partial charge in [0.25, 0.3) is 5.91 Å². The van der Waals surface area contributed by atoms with Crippen molar-refractivity contribution in [3.8, 4) is 0 Å². The van der Waals surface area contributed by atoms with E-state index in [0.29, 0.717) is 25.2 Å². The first-order chi connectivity index (χ1) is 11.9. The molecule has 0 unspecified atom stereocenters. The van der Waals surface area contributed by atoms with Gasteiger partial charge >= 0.3 is 0 Å². The maximum Gasteiger partial charge on any atom is 0.251 e. The quantitative estimate of drug-likeness (QED) is 0.596. The van der Waals surface area contributed by atoms with E-state index in [0.717, 1.165) is 24.9 Å². The van der Waals surface area contributed by atoms with Crippen molar-refractivity contribution in [2.45, 2.75) is 33.2 Å². The van der Waals surface area contributed by atoms with E-state index in [1.54, 1.807) is 12.1 Å². The van der Waals surface area contributed by atoms with Gasteiger partial charge in [0, 0.05) is 31.7 Å². The zero-order valence-corrected chi connectivity index (χ0v) is 15.9. The summed E-state index contributed by atoms with van der Waals surface area (Å²) in [5.41, 5.74) is 6.88. The smallest absolute Gasteiger partial charge is 0.251 e. The van der Waals surface area contributed by atoms with Gasteiger partial charge in [-0.2, -0.15) is 0 Å². The van der Waals surface area contributed by atoms with Gasteiger partial charge in [-0.25, -0.2) is 0 Å². The minimum atomic E-state index is -0.494. The van der Waals surface area contributed by atoms with Crippen LogP contribution in [0.4, 0.5) is 0 Å². The second kappa shape index (κ2) is 10.2. The Balaban J connectivity index is 2.57. The lowest BCUT2D eigenvalue weighted by Crippen LogP contribution is -2.45. The number of rotatable bonds is 10. The molecule has 140 valence electrons. The number of nitrogens with zero attached hydrogens (tertiary/aromatic N) is 1. The van der Waals surface area contributed by atoms with Crippen molar-refractivity contribution in [3.05, 3.63) is 35.4 Å². The van der Waals surface area contributed by atoms with E-state index in [1.807, 2.05) is 45.0 Å². The predicted octanol–water partition coefficient (Wildman–Crippen LogP) is 1.36. The summed E-state index contributed by atoms with van der Waals surface area (Å²) in [5, 5.41) is 5.84. The highest BCUT2D eigenvalue weighted by atomic mass is 16.2. The third kappa shape index (κ3) is 6.14. The molecule has 6 heteroatoms. The molecule has 0 saturated heterocycles. The van der Waals surface area contributed by atoms with Crippen LogP contribution in [0.25, 0.3) is 0 Å². The molecule has 1 aromatic rings.